The Kier molecular flexibility index (Phi) is 5.26. The minimum absolute atomic E-state index is 0.0512. The molecule has 1 fully saturated rings. The van der Waals surface area contributed by atoms with E-state index in [1.54, 1.807) is 0 Å². The molecular weight excluding hydrogens is 258 g/mol. The molecule has 0 bridgehead atoms. The van der Waals surface area contributed by atoms with E-state index in [0.717, 1.165) is 5.56 Å². The van der Waals surface area contributed by atoms with Crippen molar-refractivity contribution < 1.29 is 4.84 Å². The second-order valence-corrected chi connectivity index (χ2v) is 5.85. The van der Waals surface area contributed by atoms with Crippen molar-refractivity contribution in [2.24, 2.45) is 5.16 Å². The van der Waals surface area contributed by atoms with Gasteiger partial charge < -0.3 is 4.84 Å². The first-order valence-corrected chi connectivity index (χ1v) is 7.54. The molecule has 2 nitrogen and oxygen atoms in total. The summed E-state index contributed by atoms with van der Waals surface area (Å²) in [4.78, 5) is 5.20. The van der Waals surface area contributed by atoms with Gasteiger partial charge in [-0.05, 0) is 44.2 Å². The van der Waals surface area contributed by atoms with Gasteiger partial charge in [0.05, 0.1) is 0 Å². The number of oxime groups is 1. The van der Waals surface area contributed by atoms with Gasteiger partial charge in [0.15, 0.2) is 5.17 Å². The van der Waals surface area contributed by atoms with Crippen LogP contribution in [0.15, 0.2) is 29.4 Å². The monoisotopic (exact) mass is 279 g/mol. The number of nitrogens with zero attached hydrogens (tertiary/aromatic N) is 1. The number of benzene rings is 1. The van der Waals surface area contributed by atoms with Crippen molar-refractivity contribution >= 4 is 16.8 Å². The van der Waals surface area contributed by atoms with Crippen molar-refractivity contribution in [1.82, 2.24) is 0 Å². The smallest absolute Gasteiger partial charge is 0.175 e. The van der Waals surface area contributed by atoms with Crippen LogP contribution in [0.1, 0.15) is 63.0 Å². The lowest BCUT2D eigenvalue weighted by Crippen LogP contribution is -2.06. The van der Waals surface area contributed by atoms with Gasteiger partial charge in [0.1, 0.15) is 6.10 Å². The van der Waals surface area contributed by atoms with Crippen LogP contribution in [0, 0.1) is 0 Å². The molecule has 1 aromatic rings. The molecular formula is C16H22ClNO. The highest BCUT2D eigenvalue weighted by Gasteiger charge is 2.16. The van der Waals surface area contributed by atoms with Crippen LogP contribution in [-0.2, 0) is 4.84 Å². The highest BCUT2D eigenvalue weighted by molar-refractivity contribution is 6.69. The summed E-state index contributed by atoms with van der Waals surface area (Å²) >= 11 is 6.19. The van der Waals surface area contributed by atoms with E-state index in [1.165, 1.54) is 37.7 Å². The average Bonchev–Trinajstić information content (AvgIpc) is 2.46. The summed E-state index contributed by atoms with van der Waals surface area (Å²) in [5.41, 5.74) is 2.33. The van der Waals surface area contributed by atoms with Gasteiger partial charge in [0.25, 0.3) is 0 Å². The zero-order valence-electron chi connectivity index (χ0n) is 11.7. The number of hydrogen-bond acceptors (Lipinski definition) is 2. The Balaban J connectivity index is 2.11. The van der Waals surface area contributed by atoms with Crippen LogP contribution >= 0.6 is 11.6 Å². The van der Waals surface area contributed by atoms with E-state index in [1.807, 2.05) is 19.9 Å². The third kappa shape index (κ3) is 4.24. The van der Waals surface area contributed by atoms with E-state index in [9.17, 15) is 0 Å². The van der Waals surface area contributed by atoms with E-state index in [-0.39, 0.29) is 6.10 Å². The molecule has 3 heteroatoms. The topological polar surface area (TPSA) is 21.6 Å². The molecule has 0 unspecified atom stereocenters. The normalized spacial score (nSPS) is 17.8. The Labute approximate surface area is 120 Å². The zero-order chi connectivity index (χ0) is 13.7. The van der Waals surface area contributed by atoms with Gasteiger partial charge in [0.2, 0.25) is 0 Å². The largest absolute Gasteiger partial charge is 0.392 e. The summed E-state index contributed by atoms with van der Waals surface area (Å²) in [7, 11) is 0. The molecule has 0 radical (unpaired) electrons. The number of rotatable bonds is 4. The molecule has 1 aliphatic rings. The van der Waals surface area contributed by atoms with Crippen LogP contribution in [0.5, 0.6) is 0 Å². The lowest BCUT2D eigenvalue weighted by atomic mass is 9.84. The van der Waals surface area contributed by atoms with E-state index in [4.69, 9.17) is 16.4 Å². The van der Waals surface area contributed by atoms with Crippen LogP contribution in [0.25, 0.3) is 0 Å². The molecule has 0 N–H and O–H groups in total. The summed E-state index contributed by atoms with van der Waals surface area (Å²) < 4.78 is 0. The average molecular weight is 280 g/mol. The Bertz CT molecular complexity index is 436. The van der Waals surface area contributed by atoms with Gasteiger partial charge in [-0.25, -0.2) is 0 Å². The number of hydrogen-bond donors (Lipinski definition) is 0. The summed E-state index contributed by atoms with van der Waals surface area (Å²) in [6.07, 6.45) is 6.69. The molecule has 0 spiro atoms. The molecule has 104 valence electrons. The number of halogens is 1. The van der Waals surface area contributed by atoms with Crippen LogP contribution in [0.4, 0.5) is 0 Å². The summed E-state index contributed by atoms with van der Waals surface area (Å²) in [5.74, 6) is 0.684. The van der Waals surface area contributed by atoms with Crippen LogP contribution in [0.2, 0.25) is 0 Å². The predicted octanol–water partition coefficient (Wildman–Crippen LogP) is 5.06. The van der Waals surface area contributed by atoms with Crippen molar-refractivity contribution in [3.05, 3.63) is 35.4 Å². The Morgan fingerprint density at radius 2 is 2.00 bits per heavy atom. The van der Waals surface area contributed by atoms with Crippen molar-refractivity contribution in [3.63, 3.8) is 0 Å². The van der Waals surface area contributed by atoms with Crippen molar-refractivity contribution in [2.75, 3.05) is 0 Å². The van der Waals surface area contributed by atoms with Gasteiger partial charge in [-0.15, -0.1) is 0 Å². The van der Waals surface area contributed by atoms with Crippen molar-refractivity contribution in [2.45, 2.75) is 58.0 Å². The molecule has 1 aromatic carbocycles. The van der Waals surface area contributed by atoms with E-state index < -0.39 is 0 Å². The maximum absolute atomic E-state index is 6.19. The van der Waals surface area contributed by atoms with Gasteiger partial charge >= 0.3 is 0 Å². The molecule has 0 aromatic heterocycles. The highest BCUT2D eigenvalue weighted by atomic mass is 35.5. The fourth-order valence-corrected chi connectivity index (χ4v) is 2.72. The summed E-state index contributed by atoms with van der Waals surface area (Å²) in [5, 5.41) is 4.40. The highest BCUT2D eigenvalue weighted by Crippen LogP contribution is 2.33. The first-order valence-electron chi connectivity index (χ1n) is 7.16. The molecule has 0 atom stereocenters. The summed E-state index contributed by atoms with van der Waals surface area (Å²) in [6.45, 7) is 3.87. The lowest BCUT2D eigenvalue weighted by molar-refractivity contribution is 0.0868. The Morgan fingerprint density at radius 3 is 2.68 bits per heavy atom. The molecule has 2 rings (SSSR count). The molecule has 0 saturated heterocycles. The third-order valence-corrected chi connectivity index (χ3v) is 3.83. The fraction of sp³-hybridized carbons (Fsp3) is 0.562. The molecule has 0 amide bonds. The zero-order valence-corrected chi connectivity index (χ0v) is 12.5. The maximum atomic E-state index is 6.19. The van der Waals surface area contributed by atoms with Gasteiger partial charge in [0, 0.05) is 5.56 Å². The van der Waals surface area contributed by atoms with Gasteiger partial charge in [-0.1, -0.05) is 54.2 Å². The first-order chi connectivity index (χ1) is 9.16. The first kappa shape index (κ1) is 14.4. The fourth-order valence-electron chi connectivity index (χ4n) is 2.56. The maximum Gasteiger partial charge on any atom is 0.175 e. The molecule has 0 heterocycles. The lowest BCUT2D eigenvalue weighted by Gasteiger charge is -2.22. The van der Waals surface area contributed by atoms with Gasteiger partial charge in [-0.2, -0.15) is 0 Å². The predicted molar refractivity (Wildman–Crippen MR) is 80.9 cm³/mol. The second kappa shape index (κ2) is 6.95. The van der Waals surface area contributed by atoms with E-state index in [2.05, 4.69) is 23.4 Å². The second-order valence-electron chi connectivity index (χ2n) is 5.50. The van der Waals surface area contributed by atoms with Crippen LogP contribution in [-0.4, -0.2) is 11.3 Å². The van der Waals surface area contributed by atoms with E-state index >= 15 is 0 Å². The molecule has 0 aliphatic heterocycles. The standard InChI is InChI=1S/C16H22ClNO/c1-12(2)19-18-16(17)15-10-6-9-14(11-15)13-7-4-3-5-8-13/h6,9-13H,3-5,7-8H2,1-2H3. The van der Waals surface area contributed by atoms with Crippen LogP contribution < -0.4 is 0 Å². The molecule has 19 heavy (non-hydrogen) atoms. The SMILES string of the molecule is CC(C)ON=C(Cl)c1cccc(C2CCCCC2)c1. The van der Waals surface area contributed by atoms with Gasteiger partial charge in [-0.3, -0.25) is 0 Å². The Hall–Kier alpha value is -1.02. The minimum Gasteiger partial charge on any atom is -0.392 e. The molecule has 1 saturated carbocycles. The van der Waals surface area contributed by atoms with Crippen molar-refractivity contribution in [1.29, 1.82) is 0 Å². The quantitative estimate of drug-likeness (QED) is 0.558. The third-order valence-electron chi connectivity index (χ3n) is 3.55. The van der Waals surface area contributed by atoms with Crippen molar-refractivity contribution in [3.8, 4) is 0 Å². The molecule has 1 aliphatic carbocycles. The van der Waals surface area contributed by atoms with Crippen LogP contribution in [0.3, 0.4) is 0 Å². The Morgan fingerprint density at radius 1 is 1.26 bits per heavy atom. The van der Waals surface area contributed by atoms with E-state index in [0.29, 0.717) is 11.1 Å². The minimum atomic E-state index is 0.0512. The summed E-state index contributed by atoms with van der Waals surface area (Å²) in [6, 6.07) is 8.41.